The topological polar surface area (TPSA) is 65.1 Å². The summed E-state index contributed by atoms with van der Waals surface area (Å²) in [5.74, 6) is 1.83. The molecule has 5 nitrogen and oxygen atoms in total. The Morgan fingerprint density at radius 1 is 1.35 bits per heavy atom. The van der Waals surface area contributed by atoms with Crippen LogP contribution in [0.1, 0.15) is 50.6 Å². The van der Waals surface area contributed by atoms with Crippen LogP contribution in [0.2, 0.25) is 0 Å². The number of aliphatic imine (C=N–C) groups is 1. The zero-order valence-corrected chi connectivity index (χ0v) is 12.5. The van der Waals surface area contributed by atoms with Crippen molar-refractivity contribution in [3.8, 4) is 0 Å². The van der Waals surface area contributed by atoms with Gasteiger partial charge in [-0.15, -0.1) is 0 Å². The first-order valence-corrected chi connectivity index (χ1v) is 7.81. The number of nitrogens with one attached hydrogen (secondary N) is 3. The van der Waals surface area contributed by atoms with Crippen LogP contribution in [0.25, 0.3) is 0 Å². The molecule has 1 saturated carbocycles. The smallest absolute Gasteiger partial charge is 0.191 e. The minimum absolute atomic E-state index is 0.725. The first-order chi connectivity index (χ1) is 9.88. The Labute approximate surface area is 121 Å². The van der Waals surface area contributed by atoms with Crippen molar-refractivity contribution in [3.05, 3.63) is 18.0 Å². The summed E-state index contributed by atoms with van der Waals surface area (Å²) < 4.78 is 0. The molecule has 0 aromatic carbocycles. The minimum atomic E-state index is 0.725. The maximum atomic E-state index is 4.23. The highest BCUT2D eigenvalue weighted by Crippen LogP contribution is 2.26. The fourth-order valence-corrected chi connectivity index (χ4v) is 2.86. The van der Waals surface area contributed by atoms with Crippen LogP contribution in [0.4, 0.5) is 0 Å². The number of guanidine groups is 1. The standard InChI is InChI=1S/C15H27N5/c1-16-15(18-12-14-9-11-19-20-14)17-10-5-8-13-6-3-2-4-7-13/h9,11,13H,2-8,10,12H2,1H3,(H,19,20)(H2,16,17,18). The van der Waals surface area contributed by atoms with Crippen molar-refractivity contribution < 1.29 is 0 Å². The number of H-pyrrole nitrogens is 1. The minimum Gasteiger partial charge on any atom is -0.356 e. The molecule has 0 unspecified atom stereocenters. The van der Waals surface area contributed by atoms with Crippen LogP contribution in [0.5, 0.6) is 0 Å². The third kappa shape index (κ3) is 5.23. The Kier molecular flexibility index (Phi) is 6.41. The molecule has 0 bridgehead atoms. The van der Waals surface area contributed by atoms with E-state index in [0.29, 0.717) is 0 Å². The molecule has 0 saturated heterocycles. The monoisotopic (exact) mass is 277 g/mol. The average molecular weight is 277 g/mol. The molecule has 0 atom stereocenters. The molecule has 0 radical (unpaired) electrons. The van der Waals surface area contributed by atoms with Crippen LogP contribution >= 0.6 is 0 Å². The van der Waals surface area contributed by atoms with Crippen LogP contribution in [-0.2, 0) is 6.54 Å². The van der Waals surface area contributed by atoms with E-state index in [4.69, 9.17) is 0 Å². The van der Waals surface area contributed by atoms with Crippen LogP contribution in [0.3, 0.4) is 0 Å². The summed E-state index contributed by atoms with van der Waals surface area (Å²) in [6.07, 6.45) is 11.5. The number of hydrogen-bond donors (Lipinski definition) is 3. The Bertz CT molecular complexity index is 379. The lowest BCUT2D eigenvalue weighted by Crippen LogP contribution is -2.37. The predicted octanol–water partition coefficient (Wildman–Crippen LogP) is 2.44. The van der Waals surface area contributed by atoms with Gasteiger partial charge in [-0.1, -0.05) is 32.1 Å². The van der Waals surface area contributed by atoms with Crippen molar-refractivity contribution in [2.24, 2.45) is 10.9 Å². The molecule has 1 aromatic heterocycles. The quantitative estimate of drug-likeness (QED) is 0.425. The zero-order chi connectivity index (χ0) is 14.0. The number of nitrogens with zero attached hydrogens (tertiary/aromatic N) is 2. The molecule has 112 valence electrons. The van der Waals surface area contributed by atoms with Gasteiger partial charge >= 0.3 is 0 Å². The van der Waals surface area contributed by atoms with Crippen LogP contribution in [0.15, 0.2) is 17.3 Å². The number of aromatic nitrogens is 2. The number of rotatable bonds is 6. The molecule has 5 heteroatoms. The second-order valence-corrected chi connectivity index (χ2v) is 5.58. The van der Waals surface area contributed by atoms with Gasteiger partial charge in [-0.25, -0.2) is 0 Å². The number of hydrogen-bond acceptors (Lipinski definition) is 2. The van der Waals surface area contributed by atoms with Gasteiger partial charge in [0.25, 0.3) is 0 Å². The summed E-state index contributed by atoms with van der Waals surface area (Å²) in [6.45, 7) is 1.72. The summed E-state index contributed by atoms with van der Waals surface area (Å²) >= 11 is 0. The summed E-state index contributed by atoms with van der Waals surface area (Å²) in [5, 5.41) is 13.5. The van der Waals surface area contributed by atoms with Gasteiger partial charge in [-0.3, -0.25) is 10.1 Å². The van der Waals surface area contributed by atoms with E-state index in [9.17, 15) is 0 Å². The maximum Gasteiger partial charge on any atom is 0.191 e. The lowest BCUT2D eigenvalue weighted by Gasteiger charge is -2.21. The molecule has 1 heterocycles. The highest BCUT2D eigenvalue weighted by atomic mass is 15.2. The fourth-order valence-electron chi connectivity index (χ4n) is 2.86. The Hall–Kier alpha value is -1.52. The Morgan fingerprint density at radius 3 is 2.90 bits per heavy atom. The second kappa shape index (κ2) is 8.61. The third-order valence-corrected chi connectivity index (χ3v) is 4.03. The van der Waals surface area contributed by atoms with E-state index in [1.807, 2.05) is 13.1 Å². The zero-order valence-electron chi connectivity index (χ0n) is 12.5. The molecule has 20 heavy (non-hydrogen) atoms. The van der Waals surface area contributed by atoms with Crippen LogP contribution in [0, 0.1) is 5.92 Å². The second-order valence-electron chi connectivity index (χ2n) is 5.58. The van der Waals surface area contributed by atoms with Crippen molar-refractivity contribution in [1.82, 2.24) is 20.8 Å². The normalized spacial score (nSPS) is 17.1. The molecule has 1 aliphatic carbocycles. The van der Waals surface area contributed by atoms with E-state index in [2.05, 4.69) is 25.8 Å². The van der Waals surface area contributed by atoms with E-state index in [1.165, 1.54) is 44.9 Å². The molecule has 0 amide bonds. The maximum absolute atomic E-state index is 4.23. The SMILES string of the molecule is CN=C(NCCCC1CCCCC1)NCc1ccn[nH]1. The van der Waals surface area contributed by atoms with Crippen molar-refractivity contribution >= 4 is 5.96 Å². The predicted molar refractivity (Wildman–Crippen MR) is 82.6 cm³/mol. The molecular weight excluding hydrogens is 250 g/mol. The van der Waals surface area contributed by atoms with Crippen molar-refractivity contribution in [2.45, 2.75) is 51.5 Å². The van der Waals surface area contributed by atoms with Crippen LogP contribution < -0.4 is 10.6 Å². The lowest BCUT2D eigenvalue weighted by molar-refractivity contribution is 0.332. The first kappa shape index (κ1) is 14.9. The van der Waals surface area contributed by atoms with Crippen molar-refractivity contribution in [3.63, 3.8) is 0 Å². The average Bonchev–Trinajstić information content (AvgIpc) is 3.01. The molecule has 0 aliphatic heterocycles. The van der Waals surface area contributed by atoms with E-state index < -0.39 is 0 Å². The van der Waals surface area contributed by atoms with Gasteiger partial charge in [0, 0.05) is 19.8 Å². The summed E-state index contributed by atoms with van der Waals surface area (Å²) in [5.41, 5.74) is 1.06. The van der Waals surface area contributed by atoms with Gasteiger partial charge in [0.2, 0.25) is 0 Å². The van der Waals surface area contributed by atoms with E-state index in [0.717, 1.165) is 30.7 Å². The number of aromatic amines is 1. The van der Waals surface area contributed by atoms with Gasteiger partial charge in [0.1, 0.15) is 0 Å². The van der Waals surface area contributed by atoms with E-state index in [1.54, 1.807) is 6.20 Å². The van der Waals surface area contributed by atoms with Gasteiger partial charge in [0.05, 0.1) is 12.2 Å². The molecular formula is C15H27N5. The molecule has 2 rings (SSSR count). The van der Waals surface area contributed by atoms with Gasteiger partial charge in [-0.2, -0.15) is 5.10 Å². The Morgan fingerprint density at radius 2 is 2.20 bits per heavy atom. The highest BCUT2D eigenvalue weighted by molar-refractivity contribution is 5.79. The summed E-state index contributed by atoms with van der Waals surface area (Å²) in [6, 6.07) is 1.96. The van der Waals surface area contributed by atoms with Crippen molar-refractivity contribution in [1.29, 1.82) is 0 Å². The molecule has 1 fully saturated rings. The Balaban J connectivity index is 1.56. The van der Waals surface area contributed by atoms with E-state index in [-0.39, 0.29) is 0 Å². The fraction of sp³-hybridized carbons (Fsp3) is 0.733. The molecule has 1 aromatic rings. The highest BCUT2D eigenvalue weighted by Gasteiger charge is 2.12. The molecule has 1 aliphatic rings. The first-order valence-electron chi connectivity index (χ1n) is 7.81. The summed E-state index contributed by atoms with van der Waals surface area (Å²) in [7, 11) is 1.81. The van der Waals surface area contributed by atoms with Gasteiger partial charge < -0.3 is 10.6 Å². The molecule has 3 N–H and O–H groups in total. The van der Waals surface area contributed by atoms with Crippen molar-refractivity contribution in [2.75, 3.05) is 13.6 Å². The summed E-state index contributed by atoms with van der Waals surface area (Å²) in [4.78, 5) is 4.23. The third-order valence-electron chi connectivity index (χ3n) is 4.03. The molecule has 0 spiro atoms. The largest absolute Gasteiger partial charge is 0.356 e. The van der Waals surface area contributed by atoms with Crippen LogP contribution in [-0.4, -0.2) is 29.7 Å². The van der Waals surface area contributed by atoms with E-state index >= 15 is 0 Å². The lowest BCUT2D eigenvalue weighted by atomic mass is 9.86. The van der Waals surface area contributed by atoms with Gasteiger partial charge in [-0.05, 0) is 24.8 Å². The van der Waals surface area contributed by atoms with Gasteiger partial charge in [0.15, 0.2) is 5.96 Å².